The first-order valence-corrected chi connectivity index (χ1v) is 5.88. The van der Waals surface area contributed by atoms with Gasteiger partial charge in [0.05, 0.1) is 0 Å². The summed E-state index contributed by atoms with van der Waals surface area (Å²) in [6, 6.07) is 8.69. The van der Waals surface area contributed by atoms with E-state index in [0.29, 0.717) is 0 Å². The van der Waals surface area contributed by atoms with Crippen LogP contribution >= 0.6 is 22.6 Å². The van der Waals surface area contributed by atoms with E-state index in [2.05, 4.69) is 64.1 Å². The van der Waals surface area contributed by atoms with Crippen molar-refractivity contribution in [1.29, 1.82) is 0 Å². The second-order valence-electron chi connectivity index (χ2n) is 3.47. The molecule has 0 saturated heterocycles. The molecular weight excluding hydrogens is 287 g/mol. The lowest BCUT2D eigenvalue weighted by molar-refractivity contribution is 0.328. The Labute approximate surface area is 99.8 Å². The monoisotopic (exact) mass is 304 g/mol. The van der Waals surface area contributed by atoms with Gasteiger partial charge in [-0.2, -0.15) is 0 Å². The fourth-order valence-electron chi connectivity index (χ4n) is 1.28. The quantitative estimate of drug-likeness (QED) is 0.837. The Morgan fingerprint density at radius 3 is 2.50 bits per heavy atom. The van der Waals surface area contributed by atoms with Gasteiger partial charge in [-0.15, -0.1) is 0 Å². The predicted molar refractivity (Wildman–Crippen MR) is 69.4 cm³/mol. The molecule has 0 unspecified atom stereocenters. The van der Waals surface area contributed by atoms with Crippen molar-refractivity contribution in [3.63, 3.8) is 0 Å². The second kappa shape index (κ2) is 6.37. The van der Waals surface area contributed by atoms with Crippen LogP contribution in [0, 0.1) is 3.57 Å². The maximum atomic E-state index is 3.15. The predicted octanol–water partition coefficient (Wildman–Crippen LogP) is 1.94. The van der Waals surface area contributed by atoms with Crippen LogP contribution in [-0.4, -0.2) is 32.1 Å². The largest absolute Gasteiger partial charge is 0.318 e. The molecule has 0 fully saturated rings. The van der Waals surface area contributed by atoms with E-state index in [1.807, 2.05) is 7.05 Å². The van der Waals surface area contributed by atoms with Crippen LogP contribution in [0.15, 0.2) is 24.3 Å². The lowest BCUT2D eigenvalue weighted by atomic mass is 10.2. The molecule has 0 bridgehead atoms. The lowest BCUT2D eigenvalue weighted by Crippen LogP contribution is -2.26. The lowest BCUT2D eigenvalue weighted by Gasteiger charge is -2.16. The summed E-state index contributed by atoms with van der Waals surface area (Å²) in [5.74, 6) is 0. The molecule has 0 saturated carbocycles. The Balaban J connectivity index is 2.39. The molecule has 1 aromatic carbocycles. The fraction of sp³-hybridized carbons (Fsp3) is 0.455. The molecular formula is C11H17IN2. The number of benzene rings is 1. The van der Waals surface area contributed by atoms with Gasteiger partial charge in [-0.05, 0) is 54.4 Å². The van der Waals surface area contributed by atoms with Gasteiger partial charge < -0.3 is 10.2 Å². The van der Waals surface area contributed by atoms with E-state index in [-0.39, 0.29) is 0 Å². The Bertz CT molecular complexity index is 258. The van der Waals surface area contributed by atoms with Crippen molar-refractivity contribution in [3.8, 4) is 0 Å². The minimum Gasteiger partial charge on any atom is -0.318 e. The number of hydrogen-bond donors (Lipinski definition) is 1. The third-order valence-corrected chi connectivity index (χ3v) is 2.83. The number of nitrogens with one attached hydrogen (secondary N) is 1. The van der Waals surface area contributed by atoms with Crippen LogP contribution in [0.1, 0.15) is 5.56 Å². The maximum absolute atomic E-state index is 3.15. The molecule has 0 aromatic heterocycles. The van der Waals surface area contributed by atoms with E-state index in [0.717, 1.165) is 19.6 Å². The van der Waals surface area contributed by atoms with Gasteiger partial charge in [0, 0.05) is 23.2 Å². The fourth-order valence-corrected chi connectivity index (χ4v) is 1.64. The molecule has 78 valence electrons. The topological polar surface area (TPSA) is 15.3 Å². The first-order chi connectivity index (χ1) is 6.72. The average molecular weight is 304 g/mol. The summed E-state index contributed by atoms with van der Waals surface area (Å²) in [6.45, 7) is 3.15. The highest BCUT2D eigenvalue weighted by atomic mass is 127. The van der Waals surface area contributed by atoms with Gasteiger partial charge in [-0.3, -0.25) is 0 Å². The summed E-state index contributed by atoms with van der Waals surface area (Å²) in [4.78, 5) is 2.32. The van der Waals surface area contributed by atoms with E-state index >= 15 is 0 Å². The van der Waals surface area contributed by atoms with Crippen molar-refractivity contribution >= 4 is 22.6 Å². The van der Waals surface area contributed by atoms with Gasteiger partial charge in [0.1, 0.15) is 0 Å². The zero-order valence-electron chi connectivity index (χ0n) is 8.76. The van der Waals surface area contributed by atoms with E-state index in [9.17, 15) is 0 Å². The van der Waals surface area contributed by atoms with E-state index in [4.69, 9.17) is 0 Å². The van der Waals surface area contributed by atoms with Crippen LogP contribution < -0.4 is 5.32 Å². The Hall–Kier alpha value is -0.130. The Morgan fingerprint density at radius 2 is 1.93 bits per heavy atom. The third-order valence-electron chi connectivity index (χ3n) is 2.11. The highest BCUT2D eigenvalue weighted by Crippen LogP contribution is 2.08. The maximum Gasteiger partial charge on any atom is 0.0231 e. The first kappa shape index (κ1) is 11.9. The van der Waals surface area contributed by atoms with E-state index in [1.54, 1.807) is 0 Å². The molecule has 14 heavy (non-hydrogen) atoms. The van der Waals surface area contributed by atoms with Crippen molar-refractivity contribution in [2.75, 3.05) is 27.2 Å². The van der Waals surface area contributed by atoms with Crippen molar-refractivity contribution in [1.82, 2.24) is 10.2 Å². The summed E-state index contributed by atoms with van der Waals surface area (Å²) in [6.07, 6.45) is 0. The summed E-state index contributed by atoms with van der Waals surface area (Å²) < 4.78 is 1.30. The number of rotatable bonds is 5. The Morgan fingerprint density at radius 1 is 1.29 bits per heavy atom. The first-order valence-electron chi connectivity index (χ1n) is 4.80. The molecule has 0 radical (unpaired) electrons. The zero-order chi connectivity index (χ0) is 10.4. The summed E-state index contributed by atoms with van der Waals surface area (Å²) in [7, 11) is 4.13. The SMILES string of the molecule is CNCCN(C)Cc1ccc(I)cc1. The van der Waals surface area contributed by atoms with Gasteiger partial charge >= 0.3 is 0 Å². The summed E-state index contributed by atoms with van der Waals surface area (Å²) in [5.41, 5.74) is 1.38. The average Bonchev–Trinajstić information content (AvgIpc) is 2.18. The molecule has 0 amide bonds. The second-order valence-corrected chi connectivity index (χ2v) is 4.71. The highest BCUT2D eigenvalue weighted by molar-refractivity contribution is 14.1. The van der Waals surface area contributed by atoms with Gasteiger partial charge in [0.15, 0.2) is 0 Å². The van der Waals surface area contributed by atoms with Crippen LogP contribution in [0.3, 0.4) is 0 Å². The number of hydrogen-bond acceptors (Lipinski definition) is 2. The minimum atomic E-state index is 1.03. The molecule has 1 rings (SSSR count). The standard InChI is InChI=1S/C11H17IN2/c1-13-7-8-14(2)9-10-3-5-11(12)6-4-10/h3-6,13H,7-9H2,1-2H3. The minimum absolute atomic E-state index is 1.03. The molecule has 3 heteroatoms. The summed E-state index contributed by atoms with van der Waals surface area (Å²) in [5, 5.41) is 3.15. The van der Waals surface area contributed by atoms with E-state index in [1.165, 1.54) is 9.13 Å². The molecule has 0 heterocycles. The van der Waals surface area contributed by atoms with Crippen molar-refractivity contribution in [2.24, 2.45) is 0 Å². The number of nitrogens with zero attached hydrogens (tertiary/aromatic N) is 1. The molecule has 0 aliphatic carbocycles. The molecule has 0 atom stereocenters. The van der Waals surface area contributed by atoms with Crippen molar-refractivity contribution < 1.29 is 0 Å². The molecule has 1 aromatic rings. The van der Waals surface area contributed by atoms with Crippen LogP contribution in [0.5, 0.6) is 0 Å². The van der Waals surface area contributed by atoms with Crippen LogP contribution in [0.2, 0.25) is 0 Å². The highest BCUT2D eigenvalue weighted by Gasteiger charge is 1.98. The Kier molecular flexibility index (Phi) is 5.44. The molecule has 1 N–H and O–H groups in total. The van der Waals surface area contributed by atoms with Gasteiger partial charge in [-0.25, -0.2) is 0 Å². The number of likely N-dealkylation sites (N-methyl/N-ethyl adjacent to an activating group) is 2. The van der Waals surface area contributed by atoms with Crippen LogP contribution in [0.4, 0.5) is 0 Å². The van der Waals surface area contributed by atoms with Crippen LogP contribution in [0.25, 0.3) is 0 Å². The third kappa shape index (κ3) is 4.39. The van der Waals surface area contributed by atoms with Gasteiger partial charge in [0.25, 0.3) is 0 Å². The van der Waals surface area contributed by atoms with Gasteiger partial charge in [-0.1, -0.05) is 12.1 Å². The summed E-state index contributed by atoms with van der Waals surface area (Å²) >= 11 is 2.33. The van der Waals surface area contributed by atoms with Gasteiger partial charge in [0.2, 0.25) is 0 Å². The molecule has 0 spiro atoms. The molecule has 0 aliphatic heterocycles. The zero-order valence-corrected chi connectivity index (χ0v) is 10.9. The molecule has 2 nitrogen and oxygen atoms in total. The smallest absolute Gasteiger partial charge is 0.0231 e. The van der Waals surface area contributed by atoms with Crippen molar-refractivity contribution in [2.45, 2.75) is 6.54 Å². The molecule has 0 aliphatic rings. The van der Waals surface area contributed by atoms with E-state index < -0.39 is 0 Å². The normalized spacial score (nSPS) is 10.9. The number of halogens is 1. The van der Waals surface area contributed by atoms with Crippen LogP contribution in [-0.2, 0) is 6.54 Å². The van der Waals surface area contributed by atoms with Crippen molar-refractivity contribution in [3.05, 3.63) is 33.4 Å².